The second-order valence-electron chi connectivity index (χ2n) is 4.24. The Morgan fingerprint density at radius 3 is 2.54 bits per heavy atom. The molecule has 2 fully saturated rings. The first kappa shape index (κ1) is 9.00. The average molecular weight is 183 g/mol. The molecule has 3 nitrogen and oxygen atoms in total. The number of carbonyl (C=O) groups is 1. The molecule has 0 radical (unpaired) electrons. The number of esters is 1. The summed E-state index contributed by atoms with van der Waals surface area (Å²) < 4.78 is 4.75. The molecule has 0 saturated heterocycles. The van der Waals surface area contributed by atoms with E-state index >= 15 is 0 Å². The van der Waals surface area contributed by atoms with Gasteiger partial charge in [-0.2, -0.15) is 0 Å². The highest BCUT2D eigenvalue weighted by Gasteiger charge is 2.52. The summed E-state index contributed by atoms with van der Waals surface area (Å²) in [5.41, 5.74) is 5.95. The van der Waals surface area contributed by atoms with Crippen LogP contribution in [0, 0.1) is 17.8 Å². The zero-order valence-electron chi connectivity index (χ0n) is 8.03. The van der Waals surface area contributed by atoms with E-state index in [4.69, 9.17) is 10.5 Å². The molecule has 0 bridgehead atoms. The van der Waals surface area contributed by atoms with Gasteiger partial charge in [-0.05, 0) is 24.7 Å². The molecule has 2 N–H and O–H groups in total. The summed E-state index contributed by atoms with van der Waals surface area (Å²) in [5, 5.41) is 0. The van der Waals surface area contributed by atoms with E-state index in [9.17, 15) is 4.79 Å². The number of methoxy groups -OCH3 is 1. The lowest BCUT2D eigenvalue weighted by Gasteiger charge is -2.51. The van der Waals surface area contributed by atoms with Gasteiger partial charge in [0.25, 0.3) is 0 Å². The quantitative estimate of drug-likeness (QED) is 0.615. The van der Waals surface area contributed by atoms with Crippen LogP contribution in [-0.4, -0.2) is 19.1 Å². The van der Waals surface area contributed by atoms with Gasteiger partial charge in [-0.3, -0.25) is 4.79 Å². The predicted molar refractivity (Wildman–Crippen MR) is 48.9 cm³/mol. The molecule has 0 aromatic heterocycles. The second-order valence-corrected chi connectivity index (χ2v) is 4.24. The summed E-state index contributed by atoms with van der Waals surface area (Å²) in [6.45, 7) is 0. The lowest BCUT2D eigenvalue weighted by molar-refractivity contribution is -0.159. The average Bonchev–Trinajstić information content (AvgIpc) is 2.17. The van der Waals surface area contributed by atoms with E-state index in [0.29, 0.717) is 11.8 Å². The molecule has 0 heterocycles. The Morgan fingerprint density at radius 2 is 1.92 bits per heavy atom. The first-order chi connectivity index (χ1) is 6.25. The Hall–Kier alpha value is -0.570. The zero-order valence-corrected chi connectivity index (χ0v) is 8.03. The van der Waals surface area contributed by atoms with Crippen LogP contribution in [0.15, 0.2) is 0 Å². The fourth-order valence-electron chi connectivity index (χ4n) is 2.99. The first-order valence-electron chi connectivity index (χ1n) is 5.09. The molecule has 0 unspecified atom stereocenters. The summed E-state index contributed by atoms with van der Waals surface area (Å²) in [5.74, 6) is 1.01. The van der Waals surface area contributed by atoms with Gasteiger partial charge in [0.2, 0.25) is 0 Å². The molecule has 3 heteroatoms. The van der Waals surface area contributed by atoms with Crippen LogP contribution in [0.25, 0.3) is 0 Å². The van der Waals surface area contributed by atoms with Crippen molar-refractivity contribution in [1.82, 2.24) is 0 Å². The normalized spacial score (nSPS) is 43.2. The maximum Gasteiger partial charge on any atom is 0.310 e. The minimum absolute atomic E-state index is 0.00435. The highest BCUT2D eigenvalue weighted by Crippen LogP contribution is 2.48. The van der Waals surface area contributed by atoms with Crippen LogP contribution < -0.4 is 5.73 Å². The van der Waals surface area contributed by atoms with Crippen molar-refractivity contribution in [2.75, 3.05) is 7.11 Å². The van der Waals surface area contributed by atoms with Crippen LogP contribution in [0.1, 0.15) is 25.7 Å². The van der Waals surface area contributed by atoms with Crippen LogP contribution in [0.4, 0.5) is 0 Å². The maximum absolute atomic E-state index is 11.4. The van der Waals surface area contributed by atoms with Gasteiger partial charge in [0.15, 0.2) is 0 Å². The van der Waals surface area contributed by atoms with E-state index in [-0.39, 0.29) is 17.9 Å². The summed E-state index contributed by atoms with van der Waals surface area (Å²) in [7, 11) is 1.45. The Bertz CT molecular complexity index is 217. The first-order valence-corrected chi connectivity index (χ1v) is 5.09. The molecular formula is C10H17NO2. The third-order valence-corrected chi connectivity index (χ3v) is 3.72. The molecule has 4 atom stereocenters. The molecule has 2 saturated carbocycles. The lowest BCUT2D eigenvalue weighted by atomic mass is 9.55. The van der Waals surface area contributed by atoms with E-state index in [0.717, 1.165) is 6.42 Å². The lowest BCUT2D eigenvalue weighted by Crippen LogP contribution is -2.60. The van der Waals surface area contributed by atoms with Crippen LogP contribution >= 0.6 is 0 Å². The van der Waals surface area contributed by atoms with Gasteiger partial charge < -0.3 is 10.5 Å². The third-order valence-electron chi connectivity index (χ3n) is 3.72. The molecular weight excluding hydrogens is 166 g/mol. The molecule has 13 heavy (non-hydrogen) atoms. The number of hydrogen-bond acceptors (Lipinski definition) is 3. The Kier molecular flexibility index (Phi) is 2.28. The molecule has 0 amide bonds. The smallest absolute Gasteiger partial charge is 0.310 e. The predicted octanol–water partition coefficient (Wildman–Crippen LogP) is 0.923. The Labute approximate surface area is 78.6 Å². The monoisotopic (exact) mass is 183 g/mol. The number of hydrogen-bond donors (Lipinski definition) is 1. The molecule has 2 rings (SSSR count). The van der Waals surface area contributed by atoms with Crippen LogP contribution in [0.2, 0.25) is 0 Å². The van der Waals surface area contributed by atoms with Gasteiger partial charge in [0.05, 0.1) is 13.0 Å². The number of nitrogens with two attached hydrogens (primary N) is 1. The van der Waals surface area contributed by atoms with Crippen molar-refractivity contribution in [3.63, 3.8) is 0 Å². The van der Waals surface area contributed by atoms with Crippen molar-refractivity contribution in [3.8, 4) is 0 Å². The number of carbonyl (C=O) groups excluding carboxylic acids is 1. The standard InChI is InChI=1S/C10H17NO2/c1-13-10(12)8-6-4-2-3-5-7(6)9(8)11/h6-9H,2-5,11H2,1H3/t6-,7+,8-,9-/m0/s1. The number of fused-ring (bicyclic) bond motifs is 1. The van der Waals surface area contributed by atoms with Gasteiger partial charge in [-0.1, -0.05) is 12.8 Å². The SMILES string of the molecule is COC(=O)[C@@H]1[C@@H](N)[C@@H]2CCCC[C@@H]21. The summed E-state index contributed by atoms with van der Waals surface area (Å²) >= 11 is 0. The van der Waals surface area contributed by atoms with Crippen molar-refractivity contribution in [2.45, 2.75) is 31.7 Å². The maximum atomic E-state index is 11.4. The molecule has 0 aromatic carbocycles. The highest BCUT2D eigenvalue weighted by molar-refractivity contribution is 5.75. The molecule has 0 aromatic rings. The number of ether oxygens (including phenoxy) is 1. The van der Waals surface area contributed by atoms with E-state index in [2.05, 4.69) is 0 Å². The number of rotatable bonds is 1. The van der Waals surface area contributed by atoms with Gasteiger partial charge >= 0.3 is 5.97 Å². The molecule has 74 valence electrons. The fourth-order valence-corrected chi connectivity index (χ4v) is 2.99. The largest absolute Gasteiger partial charge is 0.469 e. The van der Waals surface area contributed by atoms with Crippen molar-refractivity contribution in [1.29, 1.82) is 0 Å². The molecule has 0 spiro atoms. The van der Waals surface area contributed by atoms with Crippen molar-refractivity contribution in [2.24, 2.45) is 23.5 Å². The minimum atomic E-state index is -0.101. The van der Waals surface area contributed by atoms with Crippen molar-refractivity contribution in [3.05, 3.63) is 0 Å². The summed E-state index contributed by atoms with van der Waals surface area (Å²) in [4.78, 5) is 11.4. The summed E-state index contributed by atoms with van der Waals surface area (Å²) in [6.07, 6.45) is 4.90. The summed E-state index contributed by atoms with van der Waals surface area (Å²) in [6, 6.07) is 0.0674. The topological polar surface area (TPSA) is 52.3 Å². The molecule has 2 aliphatic rings. The van der Waals surface area contributed by atoms with Crippen LogP contribution in [0.3, 0.4) is 0 Å². The molecule has 2 aliphatic carbocycles. The van der Waals surface area contributed by atoms with Crippen LogP contribution in [-0.2, 0) is 9.53 Å². The second kappa shape index (κ2) is 3.29. The van der Waals surface area contributed by atoms with Gasteiger partial charge in [0.1, 0.15) is 0 Å². The highest BCUT2D eigenvalue weighted by atomic mass is 16.5. The Morgan fingerprint density at radius 1 is 1.31 bits per heavy atom. The fraction of sp³-hybridized carbons (Fsp3) is 0.900. The van der Waals surface area contributed by atoms with E-state index in [1.54, 1.807) is 0 Å². The van der Waals surface area contributed by atoms with E-state index in [1.165, 1.54) is 26.4 Å². The minimum Gasteiger partial charge on any atom is -0.469 e. The van der Waals surface area contributed by atoms with Crippen molar-refractivity contribution >= 4 is 5.97 Å². The third kappa shape index (κ3) is 1.26. The van der Waals surface area contributed by atoms with Gasteiger partial charge in [0, 0.05) is 6.04 Å². The van der Waals surface area contributed by atoms with E-state index in [1.807, 2.05) is 0 Å². The Balaban J connectivity index is 2.02. The molecule has 0 aliphatic heterocycles. The van der Waals surface area contributed by atoms with Gasteiger partial charge in [-0.25, -0.2) is 0 Å². The zero-order chi connectivity index (χ0) is 9.42. The van der Waals surface area contributed by atoms with Gasteiger partial charge in [-0.15, -0.1) is 0 Å². The van der Waals surface area contributed by atoms with Crippen LogP contribution in [0.5, 0.6) is 0 Å². The van der Waals surface area contributed by atoms with Crippen molar-refractivity contribution < 1.29 is 9.53 Å². The van der Waals surface area contributed by atoms with E-state index < -0.39 is 0 Å².